The predicted molar refractivity (Wildman–Crippen MR) is 82.5 cm³/mol. The third-order valence-corrected chi connectivity index (χ3v) is 3.85. The normalized spacial score (nSPS) is 14.2. The maximum Gasteiger partial charge on any atom is 0.165 e. The van der Waals surface area contributed by atoms with Gasteiger partial charge in [0.25, 0.3) is 0 Å². The van der Waals surface area contributed by atoms with Gasteiger partial charge in [-0.05, 0) is 55.2 Å². The third kappa shape index (κ3) is 3.74. The number of benzene rings is 2. The minimum absolute atomic E-state index is 0.218. The van der Waals surface area contributed by atoms with E-state index in [1.807, 2.05) is 19.1 Å². The van der Waals surface area contributed by atoms with Gasteiger partial charge in [0, 0.05) is 17.6 Å². The van der Waals surface area contributed by atoms with Crippen molar-refractivity contribution in [2.24, 2.45) is 0 Å². The Hall–Kier alpha value is -1.58. The van der Waals surface area contributed by atoms with Crippen LogP contribution in [-0.4, -0.2) is 6.04 Å². The van der Waals surface area contributed by atoms with Crippen LogP contribution in [-0.2, 0) is 6.54 Å². The van der Waals surface area contributed by atoms with Gasteiger partial charge in [-0.1, -0.05) is 23.7 Å². The summed E-state index contributed by atoms with van der Waals surface area (Å²) in [5.74, 6) is 0.380. The first-order chi connectivity index (χ1) is 10.1. The molecule has 2 aromatic carbocycles. The quantitative estimate of drug-likeness (QED) is 0.854. The number of aryl methyl sites for hydroxylation is 1. The van der Waals surface area contributed by atoms with Crippen molar-refractivity contribution in [1.82, 2.24) is 5.32 Å². The fraction of sp³-hybridized carbons (Fsp3) is 0.294. The summed E-state index contributed by atoms with van der Waals surface area (Å²) in [5.41, 5.74) is 1.98. The minimum Gasteiger partial charge on any atom is -0.454 e. The van der Waals surface area contributed by atoms with Crippen molar-refractivity contribution in [3.63, 3.8) is 0 Å². The average molecular weight is 306 g/mol. The van der Waals surface area contributed by atoms with Crippen LogP contribution in [0.1, 0.15) is 24.0 Å². The van der Waals surface area contributed by atoms with Crippen LogP contribution in [0.4, 0.5) is 4.39 Å². The number of halogens is 2. The van der Waals surface area contributed by atoms with E-state index in [4.69, 9.17) is 16.3 Å². The van der Waals surface area contributed by atoms with Crippen LogP contribution >= 0.6 is 11.6 Å². The van der Waals surface area contributed by atoms with Crippen molar-refractivity contribution in [2.75, 3.05) is 0 Å². The van der Waals surface area contributed by atoms with Gasteiger partial charge in [0.15, 0.2) is 11.6 Å². The van der Waals surface area contributed by atoms with E-state index in [9.17, 15) is 4.39 Å². The molecule has 1 fully saturated rings. The van der Waals surface area contributed by atoms with Gasteiger partial charge in [-0.2, -0.15) is 0 Å². The van der Waals surface area contributed by atoms with E-state index >= 15 is 0 Å². The van der Waals surface area contributed by atoms with Gasteiger partial charge in [0.1, 0.15) is 5.75 Å². The topological polar surface area (TPSA) is 21.3 Å². The molecule has 1 N–H and O–H groups in total. The Bertz CT molecular complexity index is 655. The lowest BCUT2D eigenvalue weighted by molar-refractivity contribution is 0.441. The van der Waals surface area contributed by atoms with Gasteiger partial charge in [-0.3, -0.25) is 0 Å². The van der Waals surface area contributed by atoms with E-state index < -0.39 is 0 Å². The van der Waals surface area contributed by atoms with Crippen LogP contribution in [0, 0.1) is 12.7 Å². The van der Waals surface area contributed by atoms with Crippen molar-refractivity contribution < 1.29 is 9.13 Å². The largest absolute Gasteiger partial charge is 0.454 e. The van der Waals surface area contributed by atoms with Crippen LogP contribution in [0.2, 0.25) is 5.02 Å². The zero-order chi connectivity index (χ0) is 14.8. The molecule has 0 bridgehead atoms. The first-order valence-electron chi connectivity index (χ1n) is 7.07. The number of nitrogens with one attached hydrogen (secondary N) is 1. The first-order valence-corrected chi connectivity index (χ1v) is 7.45. The summed E-state index contributed by atoms with van der Waals surface area (Å²) in [7, 11) is 0. The van der Waals surface area contributed by atoms with Crippen LogP contribution in [0.15, 0.2) is 36.4 Å². The van der Waals surface area contributed by atoms with Crippen molar-refractivity contribution >= 4 is 11.6 Å². The Balaban J connectivity index is 1.73. The lowest BCUT2D eigenvalue weighted by Crippen LogP contribution is -2.15. The van der Waals surface area contributed by atoms with E-state index in [0.717, 1.165) is 17.7 Å². The van der Waals surface area contributed by atoms with Gasteiger partial charge >= 0.3 is 0 Å². The molecule has 1 aliphatic rings. The second-order valence-electron chi connectivity index (χ2n) is 5.44. The van der Waals surface area contributed by atoms with Gasteiger partial charge in [0.05, 0.1) is 0 Å². The molecule has 4 heteroatoms. The molecule has 0 atom stereocenters. The van der Waals surface area contributed by atoms with Gasteiger partial charge in [0.2, 0.25) is 0 Å². The number of ether oxygens (including phenoxy) is 1. The fourth-order valence-corrected chi connectivity index (χ4v) is 2.33. The second kappa shape index (κ2) is 6.04. The third-order valence-electron chi connectivity index (χ3n) is 3.50. The van der Waals surface area contributed by atoms with Crippen molar-refractivity contribution in [3.8, 4) is 11.5 Å². The molecule has 2 nitrogen and oxygen atoms in total. The molecule has 2 aromatic rings. The number of rotatable bonds is 5. The zero-order valence-corrected chi connectivity index (χ0v) is 12.6. The lowest BCUT2D eigenvalue weighted by Gasteiger charge is -2.10. The smallest absolute Gasteiger partial charge is 0.165 e. The highest BCUT2D eigenvalue weighted by Gasteiger charge is 2.20. The standard InChI is InChI=1S/C17H17ClFNO/c1-11-2-7-16(19)17(8-11)21-14-6-3-12(15(18)9-14)10-20-13-4-5-13/h2-3,6-9,13,20H,4-5,10H2,1H3. The van der Waals surface area contributed by atoms with Crippen molar-refractivity contribution in [2.45, 2.75) is 32.4 Å². The Morgan fingerprint density at radius 3 is 2.76 bits per heavy atom. The molecule has 0 aromatic heterocycles. The molecule has 21 heavy (non-hydrogen) atoms. The average Bonchev–Trinajstić information content (AvgIpc) is 3.26. The molecule has 110 valence electrons. The number of hydrogen-bond acceptors (Lipinski definition) is 2. The summed E-state index contributed by atoms with van der Waals surface area (Å²) in [6.07, 6.45) is 2.48. The zero-order valence-electron chi connectivity index (χ0n) is 11.8. The van der Waals surface area contributed by atoms with E-state index in [0.29, 0.717) is 16.8 Å². The summed E-state index contributed by atoms with van der Waals surface area (Å²) in [6.45, 7) is 2.65. The molecule has 0 spiro atoms. The summed E-state index contributed by atoms with van der Waals surface area (Å²) in [4.78, 5) is 0. The molecule has 0 heterocycles. The fourth-order valence-electron chi connectivity index (χ4n) is 2.09. The Kier molecular flexibility index (Phi) is 4.13. The predicted octanol–water partition coefficient (Wildman–Crippen LogP) is 4.83. The summed E-state index contributed by atoms with van der Waals surface area (Å²) >= 11 is 6.26. The minimum atomic E-state index is -0.379. The summed E-state index contributed by atoms with van der Waals surface area (Å²) in [5, 5.41) is 4.05. The van der Waals surface area contributed by atoms with Crippen molar-refractivity contribution in [1.29, 1.82) is 0 Å². The van der Waals surface area contributed by atoms with Crippen LogP contribution in [0.25, 0.3) is 0 Å². The second-order valence-corrected chi connectivity index (χ2v) is 5.85. The highest BCUT2D eigenvalue weighted by Crippen LogP contribution is 2.29. The van der Waals surface area contributed by atoms with E-state index in [1.54, 1.807) is 18.2 Å². The highest BCUT2D eigenvalue weighted by atomic mass is 35.5. The number of hydrogen-bond donors (Lipinski definition) is 1. The molecule has 0 radical (unpaired) electrons. The monoisotopic (exact) mass is 305 g/mol. The van der Waals surface area contributed by atoms with Crippen LogP contribution in [0.5, 0.6) is 11.5 Å². The Labute approximate surface area is 128 Å². The first kappa shape index (κ1) is 14.4. The van der Waals surface area contributed by atoms with Crippen LogP contribution in [0.3, 0.4) is 0 Å². The lowest BCUT2D eigenvalue weighted by atomic mass is 10.2. The molecular formula is C17H17ClFNO. The summed E-state index contributed by atoms with van der Waals surface area (Å²) < 4.78 is 19.3. The Morgan fingerprint density at radius 1 is 1.24 bits per heavy atom. The van der Waals surface area contributed by atoms with E-state index in [2.05, 4.69) is 5.32 Å². The summed E-state index contributed by atoms with van der Waals surface area (Å²) in [6, 6.07) is 10.9. The van der Waals surface area contributed by atoms with Gasteiger partial charge in [-0.15, -0.1) is 0 Å². The van der Waals surface area contributed by atoms with Gasteiger partial charge < -0.3 is 10.1 Å². The molecule has 0 saturated heterocycles. The molecule has 0 unspecified atom stereocenters. The molecule has 3 rings (SSSR count). The van der Waals surface area contributed by atoms with Crippen LogP contribution < -0.4 is 10.1 Å². The SMILES string of the molecule is Cc1ccc(F)c(Oc2ccc(CNC3CC3)c(Cl)c2)c1. The Morgan fingerprint density at radius 2 is 2.05 bits per heavy atom. The molecule has 0 amide bonds. The van der Waals surface area contributed by atoms with Gasteiger partial charge in [-0.25, -0.2) is 4.39 Å². The molecule has 0 aliphatic heterocycles. The van der Waals surface area contributed by atoms with E-state index in [1.165, 1.54) is 18.9 Å². The molecular weight excluding hydrogens is 289 g/mol. The van der Waals surface area contributed by atoms with E-state index in [-0.39, 0.29) is 11.6 Å². The molecule has 1 saturated carbocycles. The maximum absolute atomic E-state index is 13.7. The maximum atomic E-state index is 13.7. The van der Waals surface area contributed by atoms with Crippen molar-refractivity contribution in [3.05, 3.63) is 58.4 Å². The highest BCUT2D eigenvalue weighted by molar-refractivity contribution is 6.31. The molecule has 1 aliphatic carbocycles.